The predicted molar refractivity (Wildman–Crippen MR) is 78.7 cm³/mol. The first-order chi connectivity index (χ1) is 9.73. The number of rotatable bonds is 4. The van der Waals surface area contributed by atoms with Gasteiger partial charge in [0.1, 0.15) is 0 Å². The van der Waals surface area contributed by atoms with Crippen LogP contribution < -0.4 is 9.18 Å². The third-order valence-electron chi connectivity index (χ3n) is 2.85. The van der Waals surface area contributed by atoms with Gasteiger partial charge in [0.25, 0.3) is 10.0 Å². The maximum absolute atomic E-state index is 12.4. The number of carboxylic acid groups (broad SMARTS) is 1. The lowest BCUT2D eigenvalue weighted by molar-refractivity contribution is 0.0697. The summed E-state index contributed by atoms with van der Waals surface area (Å²) in [7, 11) is -2.52. The molecule has 0 fully saturated rings. The number of thiazole rings is 1. The highest BCUT2D eigenvalue weighted by atomic mass is 32.2. The summed E-state index contributed by atoms with van der Waals surface area (Å²) in [5, 5.41) is 8.82. The van der Waals surface area contributed by atoms with Crippen LogP contribution in [0.5, 0.6) is 0 Å². The van der Waals surface area contributed by atoms with Gasteiger partial charge in [0.15, 0.2) is 4.21 Å². The number of carbonyl (C=O) groups is 1. The molecule has 0 saturated heterocycles. The van der Waals surface area contributed by atoms with Crippen molar-refractivity contribution in [1.29, 1.82) is 0 Å². The molecule has 0 aliphatic rings. The van der Waals surface area contributed by atoms with E-state index < -0.39 is 20.9 Å². The average Bonchev–Trinajstić information content (AvgIpc) is 2.77. The summed E-state index contributed by atoms with van der Waals surface area (Å²) in [6, 6.07) is 5.42. The van der Waals surface area contributed by atoms with Crippen LogP contribution in [0, 0.1) is 6.92 Å². The maximum Gasteiger partial charge on any atom is 0.335 e. The Balaban J connectivity index is 2.43. The van der Waals surface area contributed by atoms with Crippen molar-refractivity contribution in [3.8, 4) is 0 Å². The molecule has 0 atom stereocenters. The second-order valence-electron chi connectivity index (χ2n) is 4.25. The fourth-order valence-corrected chi connectivity index (χ4v) is 4.36. The number of aromatic carboxylic acids is 1. The zero-order valence-corrected chi connectivity index (χ0v) is 12.8. The van der Waals surface area contributed by atoms with Gasteiger partial charge in [-0.3, -0.25) is 9.10 Å². The molecular formula is C12H12N2O5S2. The van der Waals surface area contributed by atoms with Gasteiger partial charge in [-0.1, -0.05) is 11.3 Å². The number of aromatic amines is 1. The highest BCUT2D eigenvalue weighted by Gasteiger charge is 2.26. The molecule has 0 radical (unpaired) electrons. The molecule has 2 aromatic rings. The van der Waals surface area contributed by atoms with Crippen LogP contribution in [0.1, 0.15) is 16.1 Å². The maximum atomic E-state index is 12.4. The molecule has 0 aliphatic heterocycles. The Bertz CT molecular complexity index is 833. The Morgan fingerprint density at radius 3 is 2.29 bits per heavy atom. The molecule has 0 spiro atoms. The van der Waals surface area contributed by atoms with Crippen molar-refractivity contribution in [2.24, 2.45) is 0 Å². The number of hydrogen-bond donors (Lipinski definition) is 2. The van der Waals surface area contributed by atoms with E-state index >= 15 is 0 Å². The van der Waals surface area contributed by atoms with E-state index in [9.17, 15) is 18.0 Å². The van der Waals surface area contributed by atoms with Crippen LogP contribution in [0.2, 0.25) is 0 Å². The predicted octanol–water partition coefficient (Wildman–Crippen LogP) is 1.27. The molecule has 0 aliphatic carbocycles. The number of sulfonamides is 1. The zero-order valence-electron chi connectivity index (χ0n) is 11.2. The summed E-state index contributed by atoms with van der Waals surface area (Å²) in [4.78, 5) is 24.0. The smallest absolute Gasteiger partial charge is 0.335 e. The van der Waals surface area contributed by atoms with Crippen molar-refractivity contribution < 1.29 is 18.3 Å². The molecule has 2 N–H and O–H groups in total. The molecule has 0 amide bonds. The van der Waals surface area contributed by atoms with E-state index in [1.54, 1.807) is 0 Å². The molecule has 2 rings (SSSR count). The van der Waals surface area contributed by atoms with Crippen LogP contribution >= 0.6 is 11.3 Å². The fraction of sp³-hybridized carbons (Fsp3) is 0.167. The van der Waals surface area contributed by atoms with Crippen LogP contribution in [0.15, 0.2) is 33.3 Å². The van der Waals surface area contributed by atoms with Gasteiger partial charge in [0.2, 0.25) is 0 Å². The Morgan fingerprint density at radius 2 is 1.86 bits per heavy atom. The van der Waals surface area contributed by atoms with Gasteiger partial charge in [0, 0.05) is 12.7 Å². The minimum Gasteiger partial charge on any atom is -0.478 e. The van der Waals surface area contributed by atoms with Crippen LogP contribution in [0.25, 0.3) is 0 Å². The molecule has 0 saturated carbocycles. The third kappa shape index (κ3) is 2.83. The number of nitrogens with zero attached hydrogens (tertiary/aromatic N) is 1. The number of anilines is 1. The fourth-order valence-electron chi connectivity index (χ4n) is 1.71. The second kappa shape index (κ2) is 5.34. The summed E-state index contributed by atoms with van der Waals surface area (Å²) in [6.07, 6.45) is 0. The minimum absolute atomic E-state index is 0.0580. The molecule has 21 heavy (non-hydrogen) atoms. The van der Waals surface area contributed by atoms with Gasteiger partial charge < -0.3 is 10.1 Å². The Hall–Kier alpha value is -2.13. The second-order valence-corrected chi connectivity index (χ2v) is 7.40. The van der Waals surface area contributed by atoms with Gasteiger partial charge in [-0.25, -0.2) is 13.2 Å². The number of hydrogen-bond acceptors (Lipinski definition) is 5. The quantitative estimate of drug-likeness (QED) is 0.879. The Labute approximate surface area is 124 Å². The SMILES string of the molecule is Cc1[nH]c(=O)sc1S(=O)(=O)N(C)c1ccc(C(=O)O)cc1. The Kier molecular flexibility index (Phi) is 3.88. The van der Waals surface area contributed by atoms with E-state index in [1.165, 1.54) is 38.2 Å². The topological polar surface area (TPSA) is 108 Å². The van der Waals surface area contributed by atoms with E-state index in [4.69, 9.17) is 5.11 Å². The first-order valence-corrected chi connectivity index (χ1v) is 8.01. The number of benzene rings is 1. The van der Waals surface area contributed by atoms with Crippen molar-refractivity contribution in [3.63, 3.8) is 0 Å². The molecule has 0 unspecified atom stereocenters. The largest absolute Gasteiger partial charge is 0.478 e. The normalized spacial score (nSPS) is 11.3. The van der Waals surface area contributed by atoms with E-state index in [0.29, 0.717) is 17.0 Å². The summed E-state index contributed by atoms with van der Waals surface area (Å²) in [5.41, 5.74) is 0.645. The molecule has 1 heterocycles. The molecule has 112 valence electrons. The van der Waals surface area contributed by atoms with E-state index in [1.807, 2.05) is 0 Å². The highest BCUT2D eigenvalue weighted by Crippen LogP contribution is 2.25. The molecule has 9 heteroatoms. The van der Waals surface area contributed by atoms with Crippen molar-refractivity contribution >= 4 is 33.0 Å². The molecule has 0 bridgehead atoms. The van der Waals surface area contributed by atoms with Crippen LogP contribution in [0.4, 0.5) is 5.69 Å². The van der Waals surface area contributed by atoms with Gasteiger partial charge in [-0.2, -0.15) is 0 Å². The minimum atomic E-state index is -3.86. The highest BCUT2D eigenvalue weighted by molar-refractivity contribution is 7.94. The van der Waals surface area contributed by atoms with Gasteiger partial charge in [0.05, 0.1) is 11.3 Å². The van der Waals surface area contributed by atoms with Crippen molar-refractivity contribution in [1.82, 2.24) is 4.98 Å². The van der Waals surface area contributed by atoms with E-state index in [2.05, 4.69) is 4.98 Å². The van der Waals surface area contributed by atoms with E-state index in [0.717, 1.165) is 4.31 Å². The average molecular weight is 328 g/mol. The van der Waals surface area contributed by atoms with E-state index in [-0.39, 0.29) is 15.5 Å². The summed E-state index contributed by atoms with van der Waals surface area (Å²) in [6.45, 7) is 1.51. The van der Waals surface area contributed by atoms with Gasteiger partial charge in [-0.15, -0.1) is 0 Å². The number of H-pyrrole nitrogens is 1. The number of carboxylic acids is 1. The lowest BCUT2D eigenvalue weighted by Gasteiger charge is -2.18. The zero-order chi connectivity index (χ0) is 15.8. The van der Waals surface area contributed by atoms with Crippen LogP contribution in [-0.2, 0) is 10.0 Å². The van der Waals surface area contributed by atoms with Crippen molar-refractivity contribution in [3.05, 3.63) is 45.2 Å². The van der Waals surface area contributed by atoms with Gasteiger partial charge in [-0.05, 0) is 31.2 Å². The summed E-state index contributed by atoms with van der Waals surface area (Å²) in [5.74, 6) is -1.09. The standard InChI is InChI=1S/C12H12N2O5S2/c1-7-11(20-12(17)13-7)21(18,19)14(2)9-5-3-8(4-6-9)10(15)16/h3-6H,1-2H3,(H,13,17)(H,15,16). The molecule has 7 nitrogen and oxygen atoms in total. The van der Waals surface area contributed by atoms with Crippen molar-refractivity contribution in [2.45, 2.75) is 11.1 Å². The molecular weight excluding hydrogens is 316 g/mol. The van der Waals surface area contributed by atoms with Crippen LogP contribution in [0.3, 0.4) is 0 Å². The number of aryl methyl sites for hydroxylation is 1. The first kappa shape index (κ1) is 15.3. The molecule has 1 aromatic heterocycles. The number of aromatic nitrogens is 1. The summed E-state index contributed by atoms with van der Waals surface area (Å²) >= 11 is 0.617. The third-order valence-corrected chi connectivity index (χ3v) is 6.22. The first-order valence-electron chi connectivity index (χ1n) is 5.75. The lowest BCUT2D eigenvalue weighted by atomic mass is 10.2. The monoisotopic (exact) mass is 328 g/mol. The number of nitrogens with one attached hydrogen (secondary N) is 1. The lowest BCUT2D eigenvalue weighted by Crippen LogP contribution is -2.26. The Morgan fingerprint density at radius 1 is 1.29 bits per heavy atom. The van der Waals surface area contributed by atoms with Crippen LogP contribution in [-0.4, -0.2) is 31.5 Å². The summed E-state index contributed by atoms with van der Waals surface area (Å²) < 4.78 is 25.8. The van der Waals surface area contributed by atoms with Crippen molar-refractivity contribution in [2.75, 3.05) is 11.4 Å². The molecule has 1 aromatic carbocycles. The van der Waals surface area contributed by atoms with Gasteiger partial charge >= 0.3 is 10.8 Å².